The number of hydrogen-bond acceptors (Lipinski definition) is 6. The molecule has 0 spiro atoms. The summed E-state index contributed by atoms with van der Waals surface area (Å²) in [6, 6.07) is 5.42. The zero-order chi connectivity index (χ0) is 16.7. The van der Waals surface area contributed by atoms with E-state index in [2.05, 4.69) is 22.2 Å². The topological polar surface area (TPSA) is 81.5 Å². The van der Waals surface area contributed by atoms with Gasteiger partial charge in [0.15, 0.2) is 11.5 Å². The van der Waals surface area contributed by atoms with Crippen molar-refractivity contribution in [3.8, 4) is 11.5 Å². The lowest BCUT2D eigenvalue weighted by molar-refractivity contribution is 0.288. The minimum atomic E-state index is -0.406. The molecule has 2 rings (SSSR count). The fourth-order valence-corrected chi connectivity index (χ4v) is 1.98. The van der Waals surface area contributed by atoms with Crippen LogP contribution in [0.15, 0.2) is 34.3 Å². The molecule has 1 aromatic heterocycles. The third-order valence-electron chi connectivity index (χ3n) is 3.00. The molecule has 0 aliphatic rings. The quantitative estimate of drug-likeness (QED) is 0.477. The van der Waals surface area contributed by atoms with E-state index in [1.807, 2.05) is 12.1 Å². The zero-order valence-electron chi connectivity index (χ0n) is 13.0. The molecule has 1 aromatic carbocycles. The number of nitrogens with zero attached hydrogens (tertiary/aromatic N) is 3. The number of benzene rings is 1. The van der Waals surface area contributed by atoms with Crippen LogP contribution >= 0.6 is 12.2 Å². The average molecular weight is 334 g/mol. The smallest absolute Gasteiger partial charge is 0.293 e. The molecule has 0 aliphatic heterocycles. The fraction of sp³-hybridized carbons (Fsp3) is 0.333. The molecule has 0 amide bonds. The van der Waals surface area contributed by atoms with Crippen molar-refractivity contribution >= 4 is 18.4 Å². The van der Waals surface area contributed by atoms with Crippen molar-refractivity contribution in [2.75, 3.05) is 13.7 Å². The van der Waals surface area contributed by atoms with Crippen LogP contribution in [0.1, 0.15) is 25.3 Å². The number of ether oxygens (including phenoxy) is 2. The number of nitrogens with one attached hydrogen (secondary N) is 1. The van der Waals surface area contributed by atoms with Crippen molar-refractivity contribution in [3.63, 3.8) is 0 Å². The van der Waals surface area contributed by atoms with E-state index in [0.29, 0.717) is 18.1 Å². The van der Waals surface area contributed by atoms with Crippen molar-refractivity contribution in [2.45, 2.75) is 19.8 Å². The van der Waals surface area contributed by atoms with E-state index in [-0.39, 0.29) is 4.77 Å². The molecule has 0 aliphatic carbocycles. The van der Waals surface area contributed by atoms with Crippen LogP contribution in [-0.4, -0.2) is 34.8 Å². The molecule has 122 valence electrons. The number of unbranched alkanes of at least 4 members (excludes halogenated alkanes) is 1. The summed E-state index contributed by atoms with van der Waals surface area (Å²) in [6.07, 6.45) is 4.67. The van der Waals surface area contributed by atoms with E-state index in [0.717, 1.165) is 29.3 Å². The van der Waals surface area contributed by atoms with Crippen LogP contribution in [0.5, 0.6) is 11.5 Å². The third kappa shape index (κ3) is 4.49. The van der Waals surface area contributed by atoms with Crippen LogP contribution < -0.4 is 15.0 Å². The van der Waals surface area contributed by atoms with Crippen molar-refractivity contribution in [1.29, 1.82) is 0 Å². The van der Waals surface area contributed by atoms with Gasteiger partial charge in [-0.25, -0.2) is 0 Å². The van der Waals surface area contributed by atoms with Crippen LogP contribution in [0, 0.1) is 4.77 Å². The van der Waals surface area contributed by atoms with Crippen LogP contribution in [0.4, 0.5) is 0 Å². The van der Waals surface area contributed by atoms with E-state index >= 15 is 0 Å². The number of hydrogen-bond donors (Lipinski definition) is 1. The number of aromatic amines is 1. The van der Waals surface area contributed by atoms with Gasteiger partial charge in [0, 0.05) is 0 Å². The van der Waals surface area contributed by atoms with Gasteiger partial charge in [0.1, 0.15) is 6.20 Å². The number of aromatic nitrogens is 3. The molecule has 0 saturated heterocycles. The average Bonchev–Trinajstić information content (AvgIpc) is 2.55. The van der Waals surface area contributed by atoms with Gasteiger partial charge >= 0.3 is 0 Å². The van der Waals surface area contributed by atoms with Gasteiger partial charge in [-0.1, -0.05) is 13.3 Å². The lowest BCUT2D eigenvalue weighted by Crippen LogP contribution is -2.18. The van der Waals surface area contributed by atoms with E-state index in [9.17, 15) is 4.79 Å². The first-order chi connectivity index (χ1) is 11.2. The first-order valence-corrected chi connectivity index (χ1v) is 7.58. The van der Waals surface area contributed by atoms with Crippen LogP contribution in [0.25, 0.3) is 0 Å². The summed E-state index contributed by atoms with van der Waals surface area (Å²) in [6.45, 7) is 2.74. The molecule has 0 radical (unpaired) electrons. The molecular formula is C15H18N4O3S. The highest BCUT2D eigenvalue weighted by molar-refractivity contribution is 7.71. The Balaban J connectivity index is 2.22. The van der Waals surface area contributed by atoms with Gasteiger partial charge < -0.3 is 9.47 Å². The van der Waals surface area contributed by atoms with Gasteiger partial charge in [0.05, 0.1) is 19.9 Å². The molecule has 2 aromatic rings. The maximum absolute atomic E-state index is 11.6. The standard InChI is InChI=1S/C15H18N4O3S/c1-3-4-7-22-12-6-5-11(8-13(12)21-2)9-17-19-14(20)10-16-18-15(19)23/h5-6,8-10H,3-4,7H2,1-2H3,(H,18,23)/b17-9+. The second-order valence-electron chi connectivity index (χ2n) is 4.68. The lowest BCUT2D eigenvalue weighted by Gasteiger charge is -2.10. The van der Waals surface area contributed by atoms with Gasteiger partial charge in [-0.15, -0.1) is 0 Å². The predicted octanol–water partition coefficient (Wildman–Crippen LogP) is 2.37. The monoisotopic (exact) mass is 334 g/mol. The van der Waals surface area contributed by atoms with Crippen LogP contribution in [-0.2, 0) is 0 Å². The fourth-order valence-electron chi connectivity index (χ4n) is 1.79. The number of rotatable bonds is 7. The first-order valence-electron chi connectivity index (χ1n) is 7.17. The lowest BCUT2D eigenvalue weighted by atomic mass is 10.2. The van der Waals surface area contributed by atoms with Gasteiger partial charge in [0.25, 0.3) is 5.56 Å². The predicted molar refractivity (Wildman–Crippen MR) is 90.1 cm³/mol. The Morgan fingerprint density at radius 2 is 2.26 bits per heavy atom. The zero-order valence-corrected chi connectivity index (χ0v) is 13.8. The maximum Gasteiger partial charge on any atom is 0.293 e. The summed E-state index contributed by atoms with van der Waals surface area (Å²) >= 11 is 4.97. The Morgan fingerprint density at radius 1 is 1.43 bits per heavy atom. The van der Waals surface area contributed by atoms with E-state index in [4.69, 9.17) is 21.7 Å². The minimum Gasteiger partial charge on any atom is -0.493 e. The van der Waals surface area contributed by atoms with Crippen molar-refractivity contribution in [2.24, 2.45) is 5.10 Å². The molecule has 7 nitrogen and oxygen atoms in total. The summed E-state index contributed by atoms with van der Waals surface area (Å²) in [5, 5.41) is 10.2. The Morgan fingerprint density at radius 3 is 2.96 bits per heavy atom. The Kier molecular flexibility index (Phi) is 6.04. The highest BCUT2D eigenvalue weighted by Gasteiger charge is 2.05. The van der Waals surface area contributed by atoms with Crippen LogP contribution in [0.3, 0.4) is 0 Å². The van der Waals surface area contributed by atoms with Crippen molar-refractivity contribution in [3.05, 3.63) is 45.1 Å². The SMILES string of the molecule is CCCCOc1ccc(/C=N/n2c(=O)cn[nH]c2=S)cc1OC. The summed E-state index contributed by atoms with van der Waals surface area (Å²) in [5.41, 5.74) is 0.347. The first kappa shape index (κ1) is 16.9. The molecule has 0 atom stereocenters. The molecule has 0 saturated carbocycles. The maximum atomic E-state index is 11.6. The molecule has 23 heavy (non-hydrogen) atoms. The number of methoxy groups -OCH3 is 1. The number of H-pyrrole nitrogens is 1. The van der Waals surface area contributed by atoms with Crippen LogP contribution in [0.2, 0.25) is 0 Å². The van der Waals surface area contributed by atoms with Crippen molar-refractivity contribution in [1.82, 2.24) is 14.9 Å². The van der Waals surface area contributed by atoms with E-state index in [1.54, 1.807) is 13.2 Å². The Hall–Kier alpha value is -2.48. The van der Waals surface area contributed by atoms with E-state index < -0.39 is 5.56 Å². The van der Waals surface area contributed by atoms with Gasteiger partial charge in [0.2, 0.25) is 4.77 Å². The second-order valence-corrected chi connectivity index (χ2v) is 5.07. The van der Waals surface area contributed by atoms with Gasteiger partial charge in [-0.2, -0.15) is 14.9 Å². The molecule has 0 unspecified atom stereocenters. The Labute approximate surface area is 138 Å². The van der Waals surface area contributed by atoms with E-state index in [1.165, 1.54) is 6.21 Å². The summed E-state index contributed by atoms with van der Waals surface area (Å²) in [7, 11) is 1.58. The highest BCUT2D eigenvalue weighted by Crippen LogP contribution is 2.27. The summed E-state index contributed by atoms with van der Waals surface area (Å²) in [4.78, 5) is 11.6. The minimum absolute atomic E-state index is 0.125. The van der Waals surface area contributed by atoms with Gasteiger partial charge in [-0.05, 0) is 42.4 Å². The molecule has 8 heteroatoms. The highest BCUT2D eigenvalue weighted by atomic mass is 32.1. The summed E-state index contributed by atoms with van der Waals surface area (Å²) in [5.74, 6) is 1.29. The second kappa shape index (κ2) is 8.23. The van der Waals surface area contributed by atoms with Crippen molar-refractivity contribution < 1.29 is 9.47 Å². The van der Waals surface area contributed by atoms with Gasteiger partial charge in [-0.3, -0.25) is 9.89 Å². The normalized spacial score (nSPS) is 10.9. The largest absolute Gasteiger partial charge is 0.493 e. The third-order valence-corrected chi connectivity index (χ3v) is 3.27. The molecule has 1 heterocycles. The molecule has 0 fully saturated rings. The molecule has 1 N–H and O–H groups in total. The molecular weight excluding hydrogens is 316 g/mol. The summed E-state index contributed by atoms with van der Waals surface area (Å²) < 4.78 is 12.2. The Bertz CT molecular complexity index is 770. The molecule has 0 bridgehead atoms.